The van der Waals surface area contributed by atoms with Crippen molar-refractivity contribution in [3.05, 3.63) is 56.5 Å². The van der Waals surface area contributed by atoms with E-state index in [1.807, 2.05) is 0 Å². The number of amides is 1. The third-order valence-corrected chi connectivity index (χ3v) is 2.86. The predicted octanol–water partition coefficient (Wildman–Crippen LogP) is 3.34. The van der Waals surface area contributed by atoms with E-state index in [2.05, 4.69) is 21.2 Å². The number of halogens is 2. The van der Waals surface area contributed by atoms with E-state index in [1.54, 1.807) is 0 Å². The largest absolute Gasteiger partial charge is 0.433 e. The highest BCUT2D eigenvalue weighted by atomic mass is 79.9. The van der Waals surface area contributed by atoms with Crippen LogP contribution in [-0.4, -0.2) is 10.8 Å². The maximum atomic E-state index is 13.0. The lowest BCUT2D eigenvalue weighted by molar-refractivity contribution is -0.402. The molecule has 1 heterocycles. The number of rotatable bonds is 3. The second kappa shape index (κ2) is 5.19. The van der Waals surface area contributed by atoms with Crippen molar-refractivity contribution in [2.45, 2.75) is 0 Å². The van der Waals surface area contributed by atoms with Gasteiger partial charge in [-0.2, -0.15) is 0 Å². The van der Waals surface area contributed by atoms with Gasteiger partial charge in [-0.15, -0.1) is 0 Å². The monoisotopic (exact) mass is 328 g/mol. The smallest absolute Gasteiger partial charge is 0.395 e. The molecule has 1 aromatic heterocycles. The van der Waals surface area contributed by atoms with Crippen molar-refractivity contribution in [2.24, 2.45) is 0 Å². The van der Waals surface area contributed by atoms with Crippen molar-refractivity contribution in [1.29, 1.82) is 0 Å². The van der Waals surface area contributed by atoms with E-state index in [0.29, 0.717) is 4.47 Å². The molecule has 1 N–H and O–H groups in total. The molecule has 0 saturated heterocycles. The number of carbonyl (C=O) groups excluding carboxylic acids is 1. The van der Waals surface area contributed by atoms with E-state index < -0.39 is 22.5 Å². The molecule has 0 spiro atoms. The van der Waals surface area contributed by atoms with E-state index in [0.717, 1.165) is 12.1 Å². The molecule has 0 saturated carbocycles. The van der Waals surface area contributed by atoms with Crippen LogP contribution in [0.25, 0.3) is 0 Å². The fourth-order valence-corrected chi connectivity index (χ4v) is 1.67. The Labute approximate surface area is 114 Å². The average molecular weight is 329 g/mol. The van der Waals surface area contributed by atoms with Crippen LogP contribution in [0.5, 0.6) is 0 Å². The van der Waals surface area contributed by atoms with Gasteiger partial charge in [0, 0.05) is 4.47 Å². The lowest BCUT2D eigenvalue weighted by Gasteiger charge is -2.05. The number of carbonyl (C=O) groups is 1. The molecule has 0 fully saturated rings. The van der Waals surface area contributed by atoms with Crippen molar-refractivity contribution in [1.82, 2.24) is 0 Å². The molecular weight excluding hydrogens is 323 g/mol. The highest BCUT2D eigenvalue weighted by Crippen LogP contribution is 2.24. The maximum absolute atomic E-state index is 13.0. The minimum Gasteiger partial charge on any atom is -0.395 e. The molecule has 19 heavy (non-hydrogen) atoms. The van der Waals surface area contributed by atoms with Gasteiger partial charge in [-0.25, -0.2) is 4.39 Å². The number of nitrogens with one attached hydrogen (secondary N) is 1. The second-order valence-corrected chi connectivity index (χ2v) is 4.33. The first kappa shape index (κ1) is 13.2. The molecule has 0 aliphatic carbocycles. The Morgan fingerprint density at radius 1 is 1.37 bits per heavy atom. The van der Waals surface area contributed by atoms with E-state index in [4.69, 9.17) is 4.42 Å². The molecule has 1 aromatic carbocycles. The maximum Gasteiger partial charge on any atom is 0.433 e. The Hall–Kier alpha value is -2.22. The van der Waals surface area contributed by atoms with Crippen LogP contribution in [0, 0.1) is 15.9 Å². The van der Waals surface area contributed by atoms with Crippen LogP contribution in [0.15, 0.2) is 39.2 Å². The Kier molecular flexibility index (Phi) is 3.61. The molecule has 0 unspecified atom stereocenters. The average Bonchev–Trinajstić information content (AvgIpc) is 2.83. The molecule has 0 atom stereocenters. The van der Waals surface area contributed by atoms with Crippen molar-refractivity contribution < 1.29 is 18.5 Å². The molecule has 8 heteroatoms. The molecule has 2 aromatic rings. The Morgan fingerprint density at radius 3 is 2.74 bits per heavy atom. The van der Waals surface area contributed by atoms with Gasteiger partial charge in [-0.3, -0.25) is 14.9 Å². The molecule has 1 amide bonds. The highest BCUT2D eigenvalue weighted by molar-refractivity contribution is 9.10. The first-order valence-electron chi connectivity index (χ1n) is 4.98. The van der Waals surface area contributed by atoms with Gasteiger partial charge in [0.2, 0.25) is 0 Å². The molecule has 2 rings (SSSR count). The van der Waals surface area contributed by atoms with E-state index in [1.165, 1.54) is 18.2 Å². The minimum absolute atomic E-state index is 0.198. The van der Waals surface area contributed by atoms with Gasteiger partial charge >= 0.3 is 5.88 Å². The van der Waals surface area contributed by atoms with Gasteiger partial charge in [0.15, 0.2) is 5.76 Å². The molecule has 0 radical (unpaired) electrons. The molecule has 0 bridgehead atoms. The number of hydrogen-bond acceptors (Lipinski definition) is 4. The van der Waals surface area contributed by atoms with Crippen LogP contribution in [0.4, 0.5) is 16.0 Å². The summed E-state index contributed by atoms with van der Waals surface area (Å²) in [5, 5.41) is 12.8. The SMILES string of the molecule is O=C(Nc1cc(F)ccc1Br)c1ccc([N+](=O)[O-])o1. The zero-order chi connectivity index (χ0) is 14.0. The first-order chi connectivity index (χ1) is 8.97. The van der Waals surface area contributed by atoms with Gasteiger partial charge in [-0.1, -0.05) is 0 Å². The fraction of sp³-hybridized carbons (Fsp3) is 0. The highest BCUT2D eigenvalue weighted by Gasteiger charge is 2.18. The summed E-state index contributed by atoms with van der Waals surface area (Å²) in [6.45, 7) is 0. The number of benzene rings is 1. The third kappa shape index (κ3) is 2.97. The predicted molar refractivity (Wildman–Crippen MR) is 67.4 cm³/mol. The Bertz CT molecular complexity index is 656. The lowest BCUT2D eigenvalue weighted by Crippen LogP contribution is -2.11. The van der Waals surface area contributed by atoms with Crippen LogP contribution in [0.3, 0.4) is 0 Å². The zero-order valence-electron chi connectivity index (χ0n) is 9.22. The van der Waals surface area contributed by atoms with Crippen LogP contribution in [0.2, 0.25) is 0 Å². The fourth-order valence-electron chi connectivity index (χ4n) is 1.33. The Morgan fingerprint density at radius 2 is 2.11 bits per heavy atom. The summed E-state index contributed by atoms with van der Waals surface area (Å²) in [5.74, 6) is -2.00. The lowest BCUT2D eigenvalue weighted by atomic mass is 10.3. The van der Waals surface area contributed by atoms with Crippen LogP contribution in [0.1, 0.15) is 10.6 Å². The van der Waals surface area contributed by atoms with E-state index >= 15 is 0 Å². The summed E-state index contributed by atoms with van der Waals surface area (Å²) in [6.07, 6.45) is 0. The minimum atomic E-state index is -0.755. The normalized spacial score (nSPS) is 10.2. The standard InChI is InChI=1S/C11H6BrFN2O4/c12-7-2-1-6(13)5-8(7)14-11(16)9-3-4-10(19-9)15(17)18/h1-5H,(H,14,16). The van der Waals surface area contributed by atoms with E-state index in [9.17, 15) is 19.3 Å². The molecule has 6 nitrogen and oxygen atoms in total. The summed E-state index contributed by atoms with van der Waals surface area (Å²) < 4.78 is 18.2. The van der Waals surface area contributed by atoms with Crippen LogP contribution >= 0.6 is 15.9 Å². The molecule has 0 aliphatic heterocycles. The summed E-state index contributed by atoms with van der Waals surface area (Å²) in [6, 6.07) is 5.99. The van der Waals surface area contributed by atoms with Gasteiger partial charge < -0.3 is 9.73 Å². The Balaban J connectivity index is 2.20. The van der Waals surface area contributed by atoms with Gasteiger partial charge in [0.25, 0.3) is 5.91 Å². The van der Waals surface area contributed by atoms with Gasteiger partial charge in [0.1, 0.15) is 10.7 Å². The number of furan rings is 1. The van der Waals surface area contributed by atoms with Gasteiger partial charge in [0.05, 0.1) is 11.8 Å². The summed E-state index contributed by atoms with van der Waals surface area (Å²) in [4.78, 5) is 21.4. The van der Waals surface area contributed by atoms with Crippen molar-refractivity contribution in [3.8, 4) is 0 Å². The number of hydrogen-bond donors (Lipinski definition) is 1. The van der Waals surface area contributed by atoms with Crippen LogP contribution in [-0.2, 0) is 0 Å². The van der Waals surface area contributed by atoms with Crippen molar-refractivity contribution in [3.63, 3.8) is 0 Å². The number of nitrogens with zero attached hydrogens (tertiary/aromatic N) is 1. The topological polar surface area (TPSA) is 85.4 Å². The van der Waals surface area contributed by atoms with Crippen LogP contribution < -0.4 is 5.32 Å². The number of anilines is 1. The molecular formula is C11H6BrFN2O4. The first-order valence-corrected chi connectivity index (χ1v) is 5.77. The van der Waals surface area contributed by atoms with Crippen molar-refractivity contribution in [2.75, 3.05) is 5.32 Å². The second-order valence-electron chi connectivity index (χ2n) is 3.47. The van der Waals surface area contributed by atoms with Gasteiger partial charge in [-0.05, 0) is 40.2 Å². The molecule has 0 aliphatic rings. The number of nitro groups is 1. The zero-order valence-corrected chi connectivity index (χ0v) is 10.8. The van der Waals surface area contributed by atoms with E-state index in [-0.39, 0.29) is 11.4 Å². The molecule has 98 valence electrons. The summed E-state index contributed by atoms with van der Waals surface area (Å²) in [5.41, 5.74) is 0.198. The summed E-state index contributed by atoms with van der Waals surface area (Å²) >= 11 is 3.14. The summed E-state index contributed by atoms with van der Waals surface area (Å²) in [7, 11) is 0. The van der Waals surface area contributed by atoms with Crippen molar-refractivity contribution >= 4 is 33.4 Å². The third-order valence-electron chi connectivity index (χ3n) is 2.17. The quantitative estimate of drug-likeness (QED) is 0.691.